The maximum Gasteiger partial charge on any atom is 0.416 e. The summed E-state index contributed by atoms with van der Waals surface area (Å²) >= 11 is 0. The third-order valence-electron chi connectivity index (χ3n) is 5.50. The lowest BCUT2D eigenvalue weighted by atomic mass is 9.97. The smallest absolute Gasteiger partial charge is 0.336 e. The number of carbonyl (C=O) groups excluding carboxylic acids is 1. The van der Waals surface area contributed by atoms with Crippen LogP contribution in [-0.2, 0) is 12.7 Å². The molecule has 1 fully saturated rings. The summed E-state index contributed by atoms with van der Waals surface area (Å²) in [6.07, 6.45) is -0.843. The highest BCUT2D eigenvalue weighted by atomic mass is 19.4. The zero-order chi connectivity index (χ0) is 21.8. The molecule has 2 aromatic carbocycles. The van der Waals surface area contributed by atoms with Crippen molar-refractivity contribution in [3.8, 4) is 11.1 Å². The first-order valence-electron chi connectivity index (χ1n) is 10.1. The molecule has 1 aliphatic rings. The molecule has 1 saturated heterocycles. The third-order valence-corrected chi connectivity index (χ3v) is 5.50. The monoisotopic (exact) mass is 425 g/mol. The van der Waals surface area contributed by atoms with Crippen molar-refractivity contribution in [3.05, 3.63) is 89.7 Å². The van der Waals surface area contributed by atoms with Crippen LogP contribution in [-0.4, -0.2) is 46.9 Å². The number of benzene rings is 2. The van der Waals surface area contributed by atoms with Gasteiger partial charge in [0.25, 0.3) is 5.91 Å². The lowest BCUT2D eigenvalue weighted by Crippen LogP contribution is -2.48. The van der Waals surface area contributed by atoms with Gasteiger partial charge in [-0.2, -0.15) is 13.2 Å². The number of amides is 1. The third kappa shape index (κ3) is 4.94. The molecule has 0 unspecified atom stereocenters. The summed E-state index contributed by atoms with van der Waals surface area (Å²) in [5, 5.41) is 0. The molecule has 0 spiro atoms. The number of hydrogen-bond donors (Lipinski definition) is 0. The van der Waals surface area contributed by atoms with E-state index < -0.39 is 11.7 Å². The molecule has 0 N–H and O–H groups in total. The molecule has 1 aromatic heterocycles. The van der Waals surface area contributed by atoms with Gasteiger partial charge in [-0.1, -0.05) is 30.3 Å². The zero-order valence-corrected chi connectivity index (χ0v) is 16.8. The first-order chi connectivity index (χ1) is 14.9. The predicted octanol–water partition coefficient (Wildman–Crippen LogP) is 4.73. The fourth-order valence-corrected chi connectivity index (χ4v) is 3.79. The van der Waals surface area contributed by atoms with Gasteiger partial charge in [0, 0.05) is 50.7 Å². The van der Waals surface area contributed by atoms with E-state index in [9.17, 15) is 18.0 Å². The van der Waals surface area contributed by atoms with E-state index >= 15 is 0 Å². The molecule has 0 aliphatic carbocycles. The van der Waals surface area contributed by atoms with Crippen LogP contribution in [0.25, 0.3) is 11.1 Å². The molecule has 0 atom stereocenters. The molecule has 3 aromatic rings. The normalized spacial score (nSPS) is 15.1. The van der Waals surface area contributed by atoms with Gasteiger partial charge in [0.1, 0.15) is 0 Å². The van der Waals surface area contributed by atoms with Gasteiger partial charge in [0.15, 0.2) is 0 Å². The summed E-state index contributed by atoms with van der Waals surface area (Å²) in [7, 11) is 0. The van der Waals surface area contributed by atoms with Gasteiger partial charge in [-0.05, 0) is 47.0 Å². The lowest BCUT2D eigenvalue weighted by Gasteiger charge is -2.35. The van der Waals surface area contributed by atoms with Crippen molar-refractivity contribution in [2.75, 3.05) is 26.2 Å². The van der Waals surface area contributed by atoms with E-state index in [0.29, 0.717) is 29.8 Å². The molecule has 4 nitrogen and oxygen atoms in total. The first-order valence-corrected chi connectivity index (χ1v) is 10.1. The molecular formula is C24H22F3N3O. The molecule has 0 bridgehead atoms. The van der Waals surface area contributed by atoms with Crippen LogP contribution in [0, 0.1) is 0 Å². The Morgan fingerprint density at radius 2 is 1.52 bits per heavy atom. The van der Waals surface area contributed by atoms with Crippen molar-refractivity contribution in [1.29, 1.82) is 0 Å². The quantitative estimate of drug-likeness (QED) is 0.607. The minimum absolute atomic E-state index is 0.0981. The van der Waals surface area contributed by atoms with E-state index in [1.165, 1.54) is 17.7 Å². The number of alkyl halides is 3. The molecule has 0 radical (unpaired) electrons. The molecule has 31 heavy (non-hydrogen) atoms. The summed E-state index contributed by atoms with van der Waals surface area (Å²) in [5.74, 6) is -0.0981. The highest BCUT2D eigenvalue weighted by molar-refractivity contribution is 6.01. The second-order valence-electron chi connectivity index (χ2n) is 7.54. The van der Waals surface area contributed by atoms with Crippen molar-refractivity contribution >= 4 is 5.91 Å². The van der Waals surface area contributed by atoms with Gasteiger partial charge < -0.3 is 4.90 Å². The number of hydrogen-bond acceptors (Lipinski definition) is 3. The van der Waals surface area contributed by atoms with Gasteiger partial charge in [-0.15, -0.1) is 0 Å². The lowest BCUT2D eigenvalue weighted by molar-refractivity contribution is -0.137. The number of halogens is 3. The maximum absolute atomic E-state index is 13.2. The fraction of sp³-hybridized carbons (Fsp3) is 0.250. The van der Waals surface area contributed by atoms with E-state index in [-0.39, 0.29) is 5.91 Å². The van der Waals surface area contributed by atoms with Crippen molar-refractivity contribution in [3.63, 3.8) is 0 Å². The molecular weight excluding hydrogens is 403 g/mol. The van der Waals surface area contributed by atoms with Gasteiger partial charge in [-0.25, -0.2) is 0 Å². The van der Waals surface area contributed by atoms with Gasteiger partial charge in [-0.3, -0.25) is 14.7 Å². The standard InChI is InChI=1S/C24H22F3N3O/c25-24(26,27)20-7-5-19(6-8-20)21-3-1-2-4-22(21)23(31)30-15-13-29(14-16-30)17-18-9-11-28-12-10-18/h1-12H,13-17H2. The first kappa shape index (κ1) is 21.1. The largest absolute Gasteiger partial charge is 0.416 e. The fourth-order valence-electron chi connectivity index (χ4n) is 3.79. The molecule has 2 heterocycles. The average molecular weight is 425 g/mol. The highest BCUT2D eigenvalue weighted by Crippen LogP contribution is 2.32. The Bertz CT molecular complexity index is 1030. The van der Waals surface area contributed by atoms with Gasteiger partial charge in [0.2, 0.25) is 0 Å². The summed E-state index contributed by atoms with van der Waals surface area (Å²) < 4.78 is 38.6. The van der Waals surface area contributed by atoms with E-state index in [1.54, 1.807) is 36.7 Å². The molecule has 1 aliphatic heterocycles. The van der Waals surface area contributed by atoms with Crippen LogP contribution >= 0.6 is 0 Å². The Hall–Kier alpha value is -3.19. The SMILES string of the molecule is O=C(c1ccccc1-c1ccc(C(F)(F)F)cc1)N1CCN(Cc2ccncc2)CC1. The second kappa shape index (κ2) is 8.89. The maximum atomic E-state index is 13.2. The second-order valence-corrected chi connectivity index (χ2v) is 7.54. The molecule has 160 valence electrons. The van der Waals surface area contributed by atoms with E-state index in [4.69, 9.17) is 0 Å². The van der Waals surface area contributed by atoms with Gasteiger partial charge >= 0.3 is 6.18 Å². The Morgan fingerprint density at radius 3 is 2.16 bits per heavy atom. The number of nitrogens with zero attached hydrogens (tertiary/aromatic N) is 3. The van der Waals surface area contributed by atoms with E-state index in [1.807, 2.05) is 17.0 Å². The topological polar surface area (TPSA) is 36.4 Å². The number of rotatable bonds is 4. The summed E-state index contributed by atoms with van der Waals surface area (Å²) in [6.45, 7) is 3.54. The Kier molecular flexibility index (Phi) is 6.04. The number of aromatic nitrogens is 1. The van der Waals surface area contributed by atoms with E-state index in [0.717, 1.165) is 31.8 Å². The number of carbonyl (C=O) groups is 1. The van der Waals surface area contributed by atoms with E-state index in [2.05, 4.69) is 9.88 Å². The summed E-state index contributed by atoms with van der Waals surface area (Å²) in [4.78, 5) is 21.3. The Labute approximate surface area is 178 Å². The van der Waals surface area contributed by atoms with Crippen LogP contribution in [0.15, 0.2) is 73.1 Å². The highest BCUT2D eigenvalue weighted by Gasteiger charge is 2.30. The summed E-state index contributed by atoms with van der Waals surface area (Å²) in [5.41, 5.74) is 2.21. The number of pyridine rings is 1. The Morgan fingerprint density at radius 1 is 0.871 bits per heavy atom. The van der Waals surface area contributed by atoms with Crippen molar-refractivity contribution in [2.45, 2.75) is 12.7 Å². The van der Waals surface area contributed by atoms with Crippen LogP contribution in [0.2, 0.25) is 0 Å². The van der Waals surface area contributed by atoms with Crippen LogP contribution in [0.5, 0.6) is 0 Å². The molecule has 1 amide bonds. The predicted molar refractivity (Wildman–Crippen MR) is 112 cm³/mol. The summed E-state index contributed by atoms with van der Waals surface area (Å²) in [6, 6.07) is 16.0. The Balaban J connectivity index is 1.46. The molecule has 0 saturated carbocycles. The van der Waals surface area contributed by atoms with Crippen LogP contribution in [0.1, 0.15) is 21.5 Å². The van der Waals surface area contributed by atoms with Crippen molar-refractivity contribution in [1.82, 2.24) is 14.8 Å². The van der Waals surface area contributed by atoms with Gasteiger partial charge in [0.05, 0.1) is 5.56 Å². The van der Waals surface area contributed by atoms with Crippen LogP contribution < -0.4 is 0 Å². The minimum Gasteiger partial charge on any atom is -0.336 e. The van der Waals surface area contributed by atoms with Crippen molar-refractivity contribution in [2.24, 2.45) is 0 Å². The van der Waals surface area contributed by atoms with Crippen LogP contribution in [0.4, 0.5) is 13.2 Å². The number of piperazine rings is 1. The van der Waals surface area contributed by atoms with Crippen LogP contribution in [0.3, 0.4) is 0 Å². The average Bonchev–Trinajstić information content (AvgIpc) is 2.79. The molecule has 4 rings (SSSR count). The van der Waals surface area contributed by atoms with Crippen molar-refractivity contribution < 1.29 is 18.0 Å². The zero-order valence-electron chi connectivity index (χ0n) is 16.8. The minimum atomic E-state index is -4.39. The molecule has 7 heteroatoms.